The summed E-state index contributed by atoms with van der Waals surface area (Å²) in [4.78, 5) is 1.46. The minimum Gasteiger partial charge on any atom is -0.327 e. The lowest BCUT2D eigenvalue weighted by molar-refractivity contribution is 0.463. The van der Waals surface area contributed by atoms with Gasteiger partial charge in [0.05, 0.1) is 0 Å². The van der Waals surface area contributed by atoms with E-state index in [1.54, 1.807) is 6.07 Å². The lowest BCUT2D eigenvalue weighted by Crippen LogP contribution is -2.32. The van der Waals surface area contributed by atoms with Crippen molar-refractivity contribution in [1.29, 1.82) is 0 Å². The lowest BCUT2D eigenvalue weighted by atomic mass is 9.81. The molecule has 1 aliphatic rings. The van der Waals surface area contributed by atoms with Crippen LogP contribution in [0.2, 0.25) is 5.02 Å². The Labute approximate surface area is 127 Å². The molecule has 2 unspecified atom stereocenters. The molecule has 106 valence electrons. The average molecular weight is 310 g/mol. The third kappa shape index (κ3) is 2.76. The van der Waals surface area contributed by atoms with E-state index in [-0.39, 0.29) is 11.9 Å². The van der Waals surface area contributed by atoms with Gasteiger partial charge in [0.25, 0.3) is 0 Å². The smallest absolute Gasteiger partial charge is 0.123 e. The van der Waals surface area contributed by atoms with Gasteiger partial charge in [0.1, 0.15) is 5.82 Å². The molecular formula is C16H17ClFNS. The summed E-state index contributed by atoms with van der Waals surface area (Å²) in [5.41, 5.74) is 8.59. The summed E-state index contributed by atoms with van der Waals surface area (Å²) in [6, 6.07) is 6.67. The second-order valence-corrected chi connectivity index (χ2v) is 6.81. The quantitative estimate of drug-likeness (QED) is 0.885. The van der Waals surface area contributed by atoms with Crippen molar-refractivity contribution in [2.45, 2.75) is 37.6 Å². The summed E-state index contributed by atoms with van der Waals surface area (Å²) in [5.74, 6) is 0.112. The Morgan fingerprint density at radius 2 is 2.25 bits per heavy atom. The third-order valence-corrected chi connectivity index (χ3v) is 5.44. The minimum atomic E-state index is -0.253. The van der Waals surface area contributed by atoms with E-state index < -0.39 is 0 Å². The van der Waals surface area contributed by atoms with Crippen LogP contribution in [0.3, 0.4) is 0 Å². The number of nitrogens with two attached hydrogens (primary N) is 1. The van der Waals surface area contributed by atoms with E-state index in [1.165, 1.54) is 29.0 Å². The number of hydrogen-bond acceptors (Lipinski definition) is 2. The van der Waals surface area contributed by atoms with Crippen LogP contribution < -0.4 is 5.73 Å². The van der Waals surface area contributed by atoms with Crippen LogP contribution in [0.15, 0.2) is 29.6 Å². The van der Waals surface area contributed by atoms with Gasteiger partial charge in [-0.1, -0.05) is 11.6 Å². The summed E-state index contributed by atoms with van der Waals surface area (Å²) in [6.45, 7) is 0. The zero-order valence-electron chi connectivity index (χ0n) is 11.1. The van der Waals surface area contributed by atoms with Gasteiger partial charge in [-0.2, -0.15) is 0 Å². The summed E-state index contributed by atoms with van der Waals surface area (Å²) in [6.07, 6.45) is 4.08. The topological polar surface area (TPSA) is 26.0 Å². The van der Waals surface area contributed by atoms with Gasteiger partial charge in [-0.05, 0) is 66.5 Å². The SMILES string of the molecule is NC(Cc1cc(F)ccc1Cl)C1CCCc2sccc21. The zero-order valence-corrected chi connectivity index (χ0v) is 12.7. The molecule has 0 fully saturated rings. The maximum absolute atomic E-state index is 13.3. The van der Waals surface area contributed by atoms with Gasteiger partial charge in [0, 0.05) is 21.9 Å². The monoisotopic (exact) mass is 309 g/mol. The minimum absolute atomic E-state index is 0.0112. The molecule has 0 saturated carbocycles. The molecular weight excluding hydrogens is 293 g/mol. The molecule has 2 aromatic rings. The number of benzene rings is 1. The van der Waals surface area contributed by atoms with Gasteiger partial charge in [0.2, 0.25) is 0 Å². The van der Waals surface area contributed by atoms with Crippen LogP contribution in [0.4, 0.5) is 4.39 Å². The van der Waals surface area contributed by atoms with E-state index in [0.717, 1.165) is 18.4 Å². The van der Waals surface area contributed by atoms with E-state index in [1.807, 2.05) is 11.3 Å². The molecule has 2 N–H and O–H groups in total. The molecule has 0 saturated heterocycles. The third-order valence-electron chi connectivity index (χ3n) is 4.08. The summed E-state index contributed by atoms with van der Waals surface area (Å²) in [5, 5.41) is 2.74. The molecule has 1 aromatic carbocycles. The maximum Gasteiger partial charge on any atom is 0.123 e. The fourth-order valence-corrected chi connectivity index (χ4v) is 4.25. The van der Waals surface area contributed by atoms with Crippen LogP contribution in [-0.2, 0) is 12.8 Å². The van der Waals surface area contributed by atoms with E-state index in [2.05, 4.69) is 11.4 Å². The normalized spacial score (nSPS) is 19.6. The number of fused-ring (bicyclic) bond motifs is 1. The molecule has 4 heteroatoms. The Morgan fingerprint density at radius 1 is 1.40 bits per heavy atom. The molecule has 1 heterocycles. The van der Waals surface area contributed by atoms with Crippen molar-refractivity contribution < 1.29 is 4.39 Å². The van der Waals surface area contributed by atoms with Crippen LogP contribution in [0, 0.1) is 5.82 Å². The number of halogens is 2. The largest absolute Gasteiger partial charge is 0.327 e. The molecule has 0 aliphatic heterocycles. The van der Waals surface area contributed by atoms with Crippen LogP contribution in [0.5, 0.6) is 0 Å². The first-order chi connectivity index (χ1) is 9.65. The highest BCUT2D eigenvalue weighted by Gasteiger charge is 2.27. The highest BCUT2D eigenvalue weighted by molar-refractivity contribution is 7.10. The predicted molar refractivity (Wildman–Crippen MR) is 83.1 cm³/mol. The van der Waals surface area contributed by atoms with E-state index in [9.17, 15) is 4.39 Å². The zero-order chi connectivity index (χ0) is 14.1. The number of hydrogen-bond donors (Lipinski definition) is 1. The molecule has 0 spiro atoms. The van der Waals surface area contributed by atoms with Crippen molar-refractivity contribution in [3.63, 3.8) is 0 Å². The number of thiophene rings is 1. The molecule has 0 bridgehead atoms. The van der Waals surface area contributed by atoms with Gasteiger partial charge in [-0.15, -0.1) is 11.3 Å². The first kappa shape index (κ1) is 14.1. The fraction of sp³-hybridized carbons (Fsp3) is 0.375. The van der Waals surface area contributed by atoms with Gasteiger partial charge >= 0.3 is 0 Å². The number of rotatable bonds is 3. The molecule has 3 rings (SSSR count). The van der Waals surface area contributed by atoms with Gasteiger partial charge in [0.15, 0.2) is 0 Å². The van der Waals surface area contributed by atoms with E-state index >= 15 is 0 Å². The molecule has 1 nitrogen and oxygen atoms in total. The molecule has 0 radical (unpaired) electrons. The lowest BCUT2D eigenvalue weighted by Gasteiger charge is -2.28. The van der Waals surface area contributed by atoms with Crippen LogP contribution in [0.25, 0.3) is 0 Å². The van der Waals surface area contributed by atoms with Crippen molar-refractivity contribution in [3.05, 3.63) is 56.5 Å². The Bertz CT molecular complexity index is 610. The van der Waals surface area contributed by atoms with Gasteiger partial charge in [-0.25, -0.2) is 4.39 Å². The van der Waals surface area contributed by atoms with Gasteiger partial charge in [-0.3, -0.25) is 0 Å². The average Bonchev–Trinajstić information content (AvgIpc) is 2.91. The van der Waals surface area contributed by atoms with Crippen molar-refractivity contribution in [2.24, 2.45) is 5.73 Å². The van der Waals surface area contributed by atoms with Crippen molar-refractivity contribution in [1.82, 2.24) is 0 Å². The van der Waals surface area contributed by atoms with Gasteiger partial charge < -0.3 is 5.73 Å². The molecule has 1 aliphatic carbocycles. The summed E-state index contributed by atoms with van der Waals surface area (Å²) in [7, 11) is 0. The predicted octanol–water partition coefficient (Wildman–Crippen LogP) is 4.53. The van der Waals surface area contributed by atoms with Crippen LogP contribution in [-0.4, -0.2) is 6.04 Å². The Balaban J connectivity index is 1.81. The highest BCUT2D eigenvalue weighted by atomic mass is 35.5. The second kappa shape index (κ2) is 5.84. The first-order valence-corrected chi connectivity index (χ1v) is 8.16. The van der Waals surface area contributed by atoms with Crippen LogP contribution in [0.1, 0.15) is 34.8 Å². The molecule has 2 atom stereocenters. The highest BCUT2D eigenvalue weighted by Crippen LogP contribution is 2.37. The molecule has 0 amide bonds. The maximum atomic E-state index is 13.3. The Hall–Kier alpha value is -0.900. The van der Waals surface area contributed by atoms with E-state index in [4.69, 9.17) is 17.3 Å². The summed E-state index contributed by atoms with van der Waals surface area (Å²) >= 11 is 7.95. The first-order valence-electron chi connectivity index (χ1n) is 6.91. The van der Waals surface area contributed by atoms with Crippen molar-refractivity contribution in [3.8, 4) is 0 Å². The van der Waals surface area contributed by atoms with E-state index in [0.29, 0.717) is 17.4 Å². The van der Waals surface area contributed by atoms with Crippen LogP contribution >= 0.6 is 22.9 Å². The number of aryl methyl sites for hydroxylation is 1. The summed E-state index contributed by atoms with van der Waals surface area (Å²) < 4.78 is 13.3. The fourth-order valence-electron chi connectivity index (χ4n) is 3.06. The second-order valence-electron chi connectivity index (χ2n) is 5.40. The Morgan fingerprint density at radius 3 is 3.10 bits per heavy atom. The Kier molecular flexibility index (Phi) is 4.11. The molecule has 20 heavy (non-hydrogen) atoms. The van der Waals surface area contributed by atoms with Crippen molar-refractivity contribution >= 4 is 22.9 Å². The molecule has 1 aromatic heterocycles. The van der Waals surface area contributed by atoms with Crippen molar-refractivity contribution in [2.75, 3.05) is 0 Å². The standard InChI is InChI=1S/C16H17ClFNS/c17-14-5-4-11(18)8-10(14)9-15(19)12-2-1-3-16-13(12)6-7-20-16/h4-8,12,15H,1-3,9,19H2.